The summed E-state index contributed by atoms with van der Waals surface area (Å²) in [5.41, 5.74) is 6.83. The first kappa shape index (κ1) is 19.2. The molecule has 0 amide bonds. The van der Waals surface area contributed by atoms with E-state index in [-0.39, 0.29) is 0 Å². The fourth-order valence-electron chi connectivity index (χ4n) is 3.15. The summed E-state index contributed by atoms with van der Waals surface area (Å²) in [6, 6.07) is 38.0. The molecule has 0 radical (unpaired) electrons. The van der Waals surface area contributed by atoms with Gasteiger partial charge in [-0.2, -0.15) is 0 Å². The Morgan fingerprint density at radius 3 is 2.03 bits per heavy atom. The highest BCUT2D eigenvalue weighted by Gasteiger charge is 2.12. The van der Waals surface area contributed by atoms with Gasteiger partial charge in [-0.05, 0) is 30.7 Å². The van der Waals surface area contributed by atoms with Crippen molar-refractivity contribution >= 4 is 23.2 Å². The lowest BCUT2D eigenvalue weighted by Crippen LogP contribution is -2.05. The van der Waals surface area contributed by atoms with Crippen molar-refractivity contribution in [3.8, 4) is 0 Å². The molecule has 0 bridgehead atoms. The van der Waals surface area contributed by atoms with Crippen molar-refractivity contribution in [1.29, 1.82) is 0 Å². The summed E-state index contributed by atoms with van der Waals surface area (Å²) < 4.78 is 0. The zero-order chi connectivity index (χ0) is 19.9. The van der Waals surface area contributed by atoms with E-state index in [2.05, 4.69) is 110 Å². The topological polar surface area (TPSA) is 12.4 Å². The molecule has 4 aromatic rings. The van der Waals surface area contributed by atoms with Gasteiger partial charge in [0.25, 0.3) is 0 Å². The Labute approximate surface area is 177 Å². The largest absolute Gasteiger partial charge is 0.248 e. The maximum absolute atomic E-state index is 5.06. The van der Waals surface area contributed by atoms with Crippen molar-refractivity contribution < 1.29 is 0 Å². The van der Waals surface area contributed by atoms with Crippen molar-refractivity contribution in [2.24, 2.45) is 4.99 Å². The molecule has 0 saturated carbocycles. The highest BCUT2D eigenvalue weighted by molar-refractivity contribution is 7.98. The number of rotatable bonds is 6. The summed E-state index contributed by atoms with van der Waals surface area (Å²) in [6.45, 7) is 2.10. The van der Waals surface area contributed by atoms with Crippen LogP contribution in [0.25, 0.3) is 0 Å². The Kier molecular flexibility index (Phi) is 6.23. The van der Waals surface area contributed by atoms with Crippen molar-refractivity contribution in [1.82, 2.24) is 0 Å². The van der Waals surface area contributed by atoms with E-state index in [0.717, 1.165) is 22.7 Å². The van der Waals surface area contributed by atoms with Crippen LogP contribution in [-0.4, -0.2) is 5.71 Å². The highest BCUT2D eigenvalue weighted by atomic mass is 32.2. The molecular formula is C27H23NS. The second-order valence-corrected chi connectivity index (χ2v) is 7.95. The Bertz CT molecular complexity index is 1080. The van der Waals surface area contributed by atoms with Gasteiger partial charge in [-0.15, -0.1) is 11.8 Å². The molecular weight excluding hydrogens is 370 g/mol. The normalized spacial score (nSPS) is 11.4. The second kappa shape index (κ2) is 9.40. The van der Waals surface area contributed by atoms with Gasteiger partial charge in [0.2, 0.25) is 0 Å². The quantitative estimate of drug-likeness (QED) is 0.245. The molecule has 29 heavy (non-hydrogen) atoms. The lowest BCUT2D eigenvalue weighted by atomic mass is 10.0. The molecule has 4 aromatic carbocycles. The van der Waals surface area contributed by atoms with Crippen LogP contribution in [0, 0.1) is 6.92 Å². The van der Waals surface area contributed by atoms with Gasteiger partial charge in [-0.1, -0.05) is 96.6 Å². The third-order valence-corrected chi connectivity index (χ3v) is 5.85. The molecule has 0 aliphatic heterocycles. The lowest BCUT2D eigenvalue weighted by molar-refractivity contribution is 1.35. The van der Waals surface area contributed by atoms with Crippen molar-refractivity contribution in [3.63, 3.8) is 0 Å². The monoisotopic (exact) mass is 393 g/mol. The van der Waals surface area contributed by atoms with E-state index in [4.69, 9.17) is 4.99 Å². The molecule has 0 spiro atoms. The minimum atomic E-state index is 0.935. The molecule has 4 rings (SSSR count). The van der Waals surface area contributed by atoms with Gasteiger partial charge in [-0.3, -0.25) is 0 Å². The molecule has 0 aliphatic carbocycles. The molecule has 0 heterocycles. The van der Waals surface area contributed by atoms with Crippen LogP contribution in [0.15, 0.2) is 119 Å². The van der Waals surface area contributed by atoms with Crippen LogP contribution in [0.4, 0.5) is 5.69 Å². The number of nitrogens with zero attached hydrogens (tertiary/aromatic N) is 1. The van der Waals surface area contributed by atoms with Crippen LogP contribution < -0.4 is 0 Å². The van der Waals surface area contributed by atoms with E-state index in [1.807, 2.05) is 17.8 Å². The van der Waals surface area contributed by atoms with Crippen LogP contribution in [-0.2, 0) is 5.75 Å². The predicted octanol–water partition coefficient (Wildman–Crippen LogP) is 7.46. The summed E-state index contributed by atoms with van der Waals surface area (Å²) in [4.78, 5) is 6.30. The summed E-state index contributed by atoms with van der Waals surface area (Å²) in [7, 11) is 0. The van der Waals surface area contributed by atoms with E-state index in [9.17, 15) is 0 Å². The maximum atomic E-state index is 5.06. The number of benzene rings is 4. The van der Waals surface area contributed by atoms with Crippen molar-refractivity contribution in [2.45, 2.75) is 17.6 Å². The summed E-state index contributed by atoms with van der Waals surface area (Å²) >= 11 is 1.86. The second-order valence-electron chi connectivity index (χ2n) is 6.93. The van der Waals surface area contributed by atoms with Gasteiger partial charge in [-0.25, -0.2) is 4.99 Å². The number of aryl methyl sites for hydroxylation is 1. The standard InChI is InChI=1S/C27H23NS/c1-21-16-18-24(19-17-21)28-27(23-12-6-3-7-13-23)25-14-8-9-15-26(25)29-20-22-10-4-2-5-11-22/h2-19H,20H2,1H3. The van der Waals surface area contributed by atoms with Crippen molar-refractivity contribution in [2.75, 3.05) is 0 Å². The van der Waals surface area contributed by atoms with Crippen LogP contribution in [0.5, 0.6) is 0 Å². The zero-order valence-corrected chi connectivity index (χ0v) is 17.3. The van der Waals surface area contributed by atoms with Crippen LogP contribution >= 0.6 is 11.8 Å². The van der Waals surface area contributed by atoms with E-state index in [0.29, 0.717) is 0 Å². The molecule has 0 unspecified atom stereocenters. The van der Waals surface area contributed by atoms with Gasteiger partial charge in [0, 0.05) is 21.8 Å². The molecule has 0 N–H and O–H groups in total. The Hall–Kier alpha value is -3.10. The predicted molar refractivity (Wildman–Crippen MR) is 125 cm³/mol. The zero-order valence-electron chi connectivity index (χ0n) is 16.5. The molecule has 142 valence electrons. The smallest absolute Gasteiger partial charge is 0.0792 e. The molecule has 0 aromatic heterocycles. The SMILES string of the molecule is Cc1ccc(N=C(c2ccccc2)c2ccccc2SCc2ccccc2)cc1. The van der Waals surface area contributed by atoms with Crippen LogP contribution in [0.3, 0.4) is 0 Å². The Balaban J connectivity index is 1.74. The highest BCUT2D eigenvalue weighted by Crippen LogP contribution is 2.29. The van der Waals surface area contributed by atoms with Gasteiger partial charge in [0.15, 0.2) is 0 Å². The van der Waals surface area contributed by atoms with Gasteiger partial charge in [0.05, 0.1) is 11.4 Å². The van der Waals surface area contributed by atoms with E-state index >= 15 is 0 Å². The molecule has 2 heteroatoms. The number of thioether (sulfide) groups is 1. The maximum Gasteiger partial charge on any atom is 0.0792 e. The minimum Gasteiger partial charge on any atom is -0.248 e. The summed E-state index contributed by atoms with van der Waals surface area (Å²) in [6.07, 6.45) is 0. The molecule has 0 aliphatic rings. The average Bonchev–Trinajstić information content (AvgIpc) is 2.79. The fraction of sp³-hybridized carbons (Fsp3) is 0.0741. The Morgan fingerprint density at radius 1 is 0.690 bits per heavy atom. The summed E-state index contributed by atoms with van der Waals surface area (Å²) in [5, 5.41) is 0. The first-order valence-corrected chi connectivity index (χ1v) is 10.7. The van der Waals surface area contributed by atoms with Crippen LogP contribution in [0.1, 0.15) is 22.3 Å². The van der Waals surface area contributed by atoms with Gasteiger partial charge < -0.3 is 0 Å². The Morgan fingerprint density at radius 2 is 1.31 bits per heavy atom. The van der Waals surface area contributed by atoms with Crippen LogP contribution in [0.2, 0.25) is 0 Å². The van der Waals surface area contributed by atoms with Gasteiger partial charge >= 0.3 is 0 Å². The van der Waals surface area contributed by atoms with Crippen molar-refractivity contribution in [3.05, 3.63) is 131 Å². The number of hydrogen-bond donors (Lipinski definition) is 0. The van der Waals surface area contributed by atoms with Gasteiger partial charge in [0.1, 0.15) is 0 Å². The third kappa shape index (κ3) is 5.04. The lowest BCUT2D eigenvalue weighted by Gasteiger charge is -2.13. The van der Waals surface area contributed by atoms with E-state index < -0.39 is 0 Å². The number of hydrogen-bond acceptors (Lipinski definition) is 2. The fourth-order valence-corrected chi connectivity index (χ4v) is 4.16. The van der Waals surface area contributed by atoms with E-state index in [1.165, 1.54) is 21.6 Å². The average molecular weight is 394 g/mol. The number of aliphatic imine (C=N–C) groups is 1. The molecule has 0 fully saturated rings. The summed E-state index contributed by atoms with van der Waals surface area (Å²) in [5.74, 6) is 0.935. The minimum absolute atomic E-state index is 0.935. The third-order valence-electron chi connectivity index (χ3n) is 4.70. The molecule has 1 nitrogen and oxygen atoms in total. The first-order chi connectivity index (χ1) is 14.3. The molecule has 0 saturated heterocycles. The molecule has 0 atom stereocenters. The van der Waals surface area contributed by atoms with E-state index in [1.54, 1.807) is 0 Å². The first-order valence-electron chi connectivity index (χ1n) is 9.76.